The van der Waals surface area contributed by atoms with Crippen LogP contribution in [0.25, 0.3) is 21.8 Å². The van der Waals surface area contributed by atoms with Gasteiger partial charge >= 0.3 is 6.03 Å². The molecule has 2 N–H and O–H groups in total. The summed E-state index contributed by atoms with van der Waals surface area (Å²) in [6.45, 7) is 6.78. The van der Waals surface area contributed by atoms with E-state index in [1.165, 1.54) is 52.2 Å². The van der Waals surface area contributed by atoms with Gasteiger partial charge in [0.25, 0.3) is 5.56 Å². The summed E-state index contributed by atoms with van der Waals surface area (Å²) in [5, 5.41) is 17.6. The number of imide groups is 1. The van der Waals surface area contributed by atoms with Gasteiger partial charge in [0.2, 0.25) is 5.91 Å². The van der Waals surface area contributed by atoms with E-state index in [0.29, 0.717) is 40.6 Å². The second kappa shape index (κ2) is 17.8. The van der Waals surface area contributed by atoms with Crippen LogP contribution < -0.4 is 25.2 Å². The van der Waals surface area contributed by atoms with Gasteiger partial charge in [-0.15, -0.1) is 0 Å². The lowest BCUT2D eigenvalue weighted by Gasteiger charge is -2.35. The number of hydrogen-bond acceptors (Lipinski definition) is 12. The van der Waals surface area contributed by atoms with Crippen LogP contribution in [0.2, 0.25) is 0 Å². The quantitative estimate of drug-likeness (QED) is 0.117. The number of rotatable bonds is 13. The fourth-order valence-electron chi connectivity index (χ4n) is 8.54. The number of aromatic nitrogens is 4. The molecule has 0 spiro atoms. The number of fused-ring (bicyclic) bond motifs is 2. The van der Waals surface area contributed by atoms with Crippen molar-refractivity contribution in [2.45, 2.75) is 76.5 Å². The second-order valence-electron chi connectivity index (χ2n) is 16.0. The number of anilines is 2. The van der Waals surface area contributed by atoms with Crippen molar-refractivity contribution in [2.75, 3.05) is 49.5 Å². The maximum Gasteiger partial charge on any atom is 0.329 e. The maximum atomic E-state index is 15.7. The molecule has 3 aliphatic rings. The van der Waals surface area contributed by atoms with Crippen molar-refractivity contribution in [1.82, 2.24) is 33.9 Å². The third-order valence-corrected chi connectivity index (χ3v) is 13.0. The lowest BCUT2D eigenvalue weighted by molar-refractivity contribution is -0.120. The lowest BCUT2D eigenvalue weighted by atomic mass is 9.81. The summed E-state index contributed by atoms with van der Waals surface area (Å²) in [7, 11) is 3.66. The number of nitrogens with zero attached hydrogens (tertiary/aromatic N) is 8. The van der Waals surface area contributed by atoms with Crippen LogP contribution in [0, 0.1) is 23.0 Å². The van der Waals surface area contributed by atoms with Crippen LogP contribution in [-0.2, 0) is 16.6 Å². The summed E-state index contributed by atoms with van der Waals surface area (Å²) in [5.74, 6) is -1.01. The minimum absolute atomic E-state index is 0.00135. The summed E-state index contributed by atoms with van der Waals surface area (Å²) in [5.41, 5.74) is 1.96. The Labute approximate surface area is 355 Å². The highest BCUT2D eigenvalue weighted by atomic mass is 32.2. The number of carbonyl (C=O) groups is 2. The predicted molar refractivity (Wildman–Crippen MR) is 229 cm³/mol. The summed E-state index contributed by atoms with van der Waals surface area (Å²) >= 11 is 1.27. The minimum atomic E-state index is -0.707. The molecule has 320 valence electrons. The number of hydrogen-bond donors (Lipinski definition) is 2. The number of nitriles is 1. The Bertz CT molecular complexity index is 2590. The van der Waals surface area contributed by atoms with E-state index in [0.717, 1.165) is 57.3 Å². The number of amides is 3. The Morgan fingerprint density at radius 3 is 2.61 bits per heavy atom. The number of aryl methyl sites for hydroxylation is 1. The molecule has 1 aliphatic carbocycles. The summed E-state index contributed by atoms with van der Waals surface area (Å²) in [6, 6.07) is 12.3. The Kier molecular flexibility index (Phi) is 12.3. The van der Waals surface area contributed by atoms with E-state index in [9.17, 15) is 19.6 Å². The second-order valence-corrected chi connectivity index (χ2v) is 17.0. The summed E-state index contributed by atoms with van der Waals surface area (Å²) in [4.78, 5) is 46.3. The van der Waals surface area contributed by atoms with E-state index in [-0.39, 0.29) is 70.8 Å². The molecule has 0 radical (unpaired) electrons. The average Bonchev–Trinajstić information content (AvgIpc) is 3.86. The summed E-state index contributed by atoms with van der Waals surface area (Å²) < 4.78 is 51.3. The number of carbonyl (C=O) groups excluding carboxylic acids is 2. The highest BCUT2D eigenvalue weighted by molar-refractivity contribution is 7.98. The van der Waals surface area contributed by atoms with Crippen LogP contribution >= 0.6 is 12.1 Å². The van der Waals surface area contributed by atoms with Gasteiger partial charge in [-0.25, -0.2) is 22.9 Å². The molecule has 5 aromatic rings. The van der Waals surface area contributed by atoms with Crippen LogP contribution in [0.4, 0.5) is 25.1 Å². The molecule has 4 heterocycles. The van der Waals surface area contributed by atoms with Crippen molar-refractivity contribution in [3.63, 3.8) is 0 Å². The van der Waals surface area contributed by atoms with E-state index in [2.05, 4.69) is 25.0 Å². The Morgan fingerprint density at radius 2 is 1.85 bits per heavy atom. The molecule has 2 unspecified atom stereocenters. The van der Waals surface area contributed by atoms with Gasteiger partial charge in [-0.2, -0.15) is 10.4 Å². The van der Waals surface area contributed by atoms with Crippen LogP contribution in [-0.4, -0.2) is 92.5 Å². The van der Waals surface area contributed by atoms with Crippen molar-refractivity contribution in [2.24, 2.45) is 7.05 Å². The molecule has 15 nitrogen and oxygen atoms in total. The van der Waals surface area contributed by atoms with Gasteiger partial charge in [-0.05, 0) is 100 Å². The Hall–Kier alpha value is -5.61. The molecule has 1 saturated carbocycles. The third kappa shape index (κ3) is 8.65. The number of nitrogens with one attached hydrogen (secondary N) is 2. The number of benzene rings is 3. The zero-order valence-corrected chi connectivity index (χ0v) is 35.3. The lowest BCUT2D eigenvalue weighted by Crippen LogP contribution is -2.49. The molecule has 18 heteroatoms. The molecule has 8 rings (SSSR count). The van der Waals surface area contributed by atoms with Gasteiger partial charge in [0.05, 0.1) is 47.2 Å². The molecular formula is C43H48F2N10O5S. The maximum absolute atomic E-state index is 15.7. The number of urea groups is 1. The highest BCUT2D eigenvalue weighted by Gasteiger charge is 2.34. The summed E-state index contributed by atoms with van der Waals surface area (Å²) in [6.07, 6.45) is 6.06. The fraction of sp³-hybridized carbons (Fsp3) is 0.442. The van der Waals surface area contributed by atoms with Crippen LogP contribution in [0.3, 0.4) is 0 Å². The zero-order valence-electron chi connectivity index (χ0n) is 34.5. The van der Waals surface area contributed by atoms with Gasteiger partial charge in [0.15, 0.2) is 17.4 Å². The highest BCUT2D eigenvalue weighted by Crippen LogP contribution is 2.40. The molecule has 3 fully saturated rings. The van der Waals surface area contributed by atoms with E-state index in [1.807, 2.05) is 37.3 Å². The van der Waals surface area contributed by atoms with E-state index < -0.39 is 11.8 Å². The van der Waals surface area contributed by atoms with Crippen molar-refractivity contribution in [3.8, 4) is 17.6 Å². The molecule has 2 aromatic heterocycles. The molecule has 0 bridgehead atoms. The molecule has 3 amide bonds. The average molecular weight is 855 g/mol. The normalized spacial score (nSPS) is 20.4. The third-order valence-electron chi connectivity index (χ3n) is 12.1. The predicted octanol–water partition coefficient (Wildman–Crippen LogP) is 6.98. The van der Waals surface area contributed by atoms with Crippen molar-refractivity contribution in [3.05, 3.63) is 81.9 Å². The first-order valence-electron chi connectivity index (χ1n) is 20.6. The van der Waals surface area contributed by atoms with Gasteiger partial charge in [0.1, 0.15) is 23.2 Å². The number of likely N-dealkylation sites (tertiary alicyclic amines) is 1. The number of halogens is 2. The molecule has 2 saturated heterocycles. The molecule has 2 atom stereocenters. The SMILES string of the molecule is CCN(C)SNc1ccc(F)c(Oc2ccc3ncn(C(C)COC4CCN(C5CCC(c6cc7c(cc6F)c(N6CCC(=O)NC6=O)nn7C)CC5)C4)c(=O)c3c2)c1C#N. The van der Waals surface area contributed by atoms with E-state index >= 15 is 8.78 Å². The fourth-order valence-corrected chi connectivity index (χ4v) is 9.09. The first kappa shape index (κ1) is 42.1. The minimum Gasteiger partial charge on any atom is -0.453 e. The van der Waals surface area contributed by atoms with Crippen LogP contribution in [0.5, 0.6) is 11.5 Å². The number of ether oxygens (including phenoxy) is 2. The topological polar surface area (TPSA) is 163 Å². The van der Waals surface area contributed by atoms with Crippen molar-refractivity contribution >= 4 is 57.4 Å². The van der Waals surface area contributed by atoms with Crippen molar-refractivity contribution in [1.29, 1.82) is 5.26 Å². The largest absolute Gasteiger partial charge is 0.453 e. The van der Waals surface area contributed by atoms with Gasteiger partial charge in [-0.3, -0.25) is 34.0 Å². The van der Waals surface area contributed by atoms with Gasteiger partial charge in [0, 0.05) is 63.2 Å². The van der Waals surface area contributed by atoms with Crippen LogP contribution in [0.1, 0.15) is 75.5 Å². The van der Waals surface area contributed by atoms with Gasteiger partial charge in [-0.1, -0.05) is 6.92 Å². The Balaban J connectivity index is 0.867. The first-order valence-corrected chi connectivity index (χ1v) is 21.4. The molecular weight excluding hydrogens is 807 g/mol. The molecule has 61 heavy (non-hydrogen) atoms. The first-order chi connectivity index (χ1) is 29.4. The van der Waals surface area contributed by atoms with Crippen molar-refractivity contribution < 1.29 is 27.8 Å². The van der Waals surface area contributed by atoms with E-state index in [4.69, 9.17) is 9.47 Å². The zero-order chi connectivity index (χ0) is 42.9. The van der Waals surface area contributed by atoms with Gasteiger partial charge < -0.3 is 14.2 Å². The molecule has 3 aromatic carbocycles. The molecule has 2 aliphatic heterocycles. The smallest absolute Gasteiger partial charge is 0.329 e. The van der Waals surface area contributed by atoms with E-state index in [1.54, 1.807) is 23.9 Å². The standard InChI is InChI=1S/C43H48F2N10O5S/c1-5-51(3)61-50-37-13-11-34(44)40(33(37)21-46)60-28-10-12-36-31(18-28)42(57)55(24-47-36)25(2)23-59-29-14-16-53(22-29)27-8-6-26(7-9-27)30-20-38-32(19-35(30)45)41(49-52(38)4)54-17-15-39(56)48-43(54)58/h10-13,18-20,24-27,29,50H,5-9,14-17,22-23H2,1-4H3,(H,48,56,58). The van der Waals surface area contributed by atoms with Crippen LogP contribution in [0.15, 0.2) is 53.6 Å². The monoisotopic (exact) mass is 854 g/mol. The Morgan fingerprint density at radius 1 is 1.05 bits per heavy atom.